The molecule has 0 bridgehead atoms. The van der Waals surface area contributed by atoms with E-state index in [-0.39, 0.29) is 47.2 Å². The molecule has 2 aliphatic heterocycles. The molecule has 6 rings (SSSR count). The van der Waals surface area contributed by atoms with E-state index in [1.165, 1.54) is 0 Å². The Kier molecular flexibility index (Phi) is 13.1. The summed E-state index contributed by atoms with van der Waals surface area (Å²) in [6.45, 7) is 9.66. The second-order valence-corrected chi connectivity index (χ2v) is 18.0. The van der Waals surface area contributed by atoms with Crippen LogP contribution < -0.4 is 0 Å². The molecular weight excluding hydrogens is 704 g/mol. The van der Waals surface area contributed by atoms with E-state index in [2.05, 4.69) is 20.8 Å². The molecule has 20 atom stereocenters. The maximum absolute atomic E-state index is 11.8. The normalized spacial score (nSPS) is 49.6. The molecule has 4 aliphatic carbocycles. The predicted octanol–water partition coefficient (Wildman–Crippen LogP) is 0.261. The first-order chi connectivity index (χ1) is 25.5. The lowest BCUT2D eigenvalue weighted by Crippen LogP contribution is -2.60. The number of hydrogen-bond acceptors (Lipinski definition) is 14. The molecule has 0 radical (unpaired) electrons. The van der Waals surface area contributed by atoms with Gasteiger partial charge in [0.1, 0.15) is 48.8 Å². The highest BCUT2D eigenvalue weighted by molar-refractivity contribution is 5.28. The van der Waals surface area contributed by atoms with Gasteiger partial charge in [-0.2, -0.15) is 0 Å². The zero-order chi connectivity index (χ0) is 39.4. The fourth-order valence-electron chi connectivity index (χ4n) is 11.5. The standard InChI is InChI=1S/C40H66O14/c1-18(19(2)17-51-37-35(49)33(47)31(45)28(15-41)53-37)12-26(43)20(3)23-6-7-24-30-25(9-11-40(23,24)5)39(4)10-8-22(13-21(39)14-27(30)44)52-38-36(50)34(48)32(46)29(16-42)54-38/h14,20,22-38,41-50H,6-13,15-17H2,1-5H3/b19-18+/t20-,22-,23+,24-,25-,26+,27+,28+,29+,30-,31+,32+,33-,34-,35+,36+,37+,38+,39-,40+/m0/s1. The molecule has 310 valence electrons. The first-order valence-corrected chi connectivity index (χ1v) is 20.1. The molecular formula is C40H66O14. The second-order valence-electron chi connectivity index (χ2n) is 18.0. The lowest BCUT2D eigenvalue weighted by Gasteiger charge is -2.59. The number of aliphatic hydroxyl groups is 10. The van der Waals surface area contributed by atoms with Crippen molar-refractivity contribution < 1.29 is 70.0 Å². The van der Waals surface area contributed by atoms with Crippen LogP contribution in [-0.4, -0.2) is 151 Å². The third kappa shape index (κ3) is 7.63. The minimum atomic E-state index is -1.51. The maximum Gasteiger partial charge on any atom is 0.187 e. The Bertz CT molecular complexity index is 1360. The van der Waals surface area contributed by atoms with Crippen LogP contribution in [0.5, 0.6) is 0 Å². The molecule has 0 aromatic heterocycles. The van der Waals surface area contributed by atoms with Crippen molar-refractivity contribution in [3.63, 3.8) is 0 Å². The van der Waals surface area contributed by atoms with Crippen LogP contribution in [0.2, 0.25) is 0 Å². The van der Waals surface area contributed by atoms with Crippen LogP contribution in [0.1, 0.15) is 86.0 Å². The molecule has 0 aromatic rings. The highest BCUT2D eigenvalue weighted by Crippen LogP contribution is 2.67. The molecule has 6 aliphatic rings. The van der Waals surface area contributed by atoms with Gasteiger partial charge in [0.15, 0.2) is 12.6 Å². The molecule has 3 saturated carbocycles. The van der Waals surface area contributed by atoms with E-state index >= 15 is 0 Å². The Labute approximate surface area is 318 Å². The van der Waals surface area contributed by atoms with Crippen LogP contribution in [0.3, 0.4) is 0 Å². The molecule has 14 nitrogen and oxygen atoms in total. The van der Waals surface area contributed by atoms with Gasteiger partial charge in [-0.25, -0.2) is 0 Å². The van der Waals surface area contributed by atoms with Crippen molar-refractivity contribution in [2.75, 3.05) is 19.8 Å². The minimum Gasteiger partial charge on any atom is -0.394 e. The van der Waals surface area contributed by atoms with Crippen LogP contribution in [0.4, 0.5) is 0 Å². The average molecular weight is 771 g/mol. The number of rotatable bonds is 11. The third-order valence-corrected chi connectivity index (χ3v) is 15.1. The molecule has 0 spiro atoms. The van der Waals surface area contributed by atoms with Gasteiger partial charge in [0.2, 0.25) is 0 Å². The zero-order valence-electron chi connectivity index (χ0n) is 32.4. The smallest absolute Gasteiger partial charge is 0.187 e. The highest BCUT2D eigenvalue weighted by atomic mass is 16.7. The first kappa shape index (κ1) is 42.5. The first-order valence-electron chi connectivity index (χ1n) is 20.1. The average Bonchev–Trinajstić information content (AvgIpc) is 3.50. The number of hydrogen-bond donors (Lipinski definition) is 10. The van der Waals surface area contributed by atoms with Gasteiger partial charge < -0.3 is 70.0 Å². The van der Waals surface area contributed by atoms with Crippen molar-refractivity contribution >= 4 is 0 Å². The van der Waals surface area contributed by atoms with Crippen molar-refractivity contribution in [1.82, 2.24) is 0 Å². The fraction of sp³-hybridized carbons (Fsp3) is 0.900. The van der Waals surface area contributed by atoms with E-state index in [4.69, 9.17) is 18.9 Å². The zero-order valence-corrected chi connectivity index (χ0v) is 32.4. The fourth-order valence-corrected chi connectivity index (χ4v) is 11.5. The Morgan fingerprint density at radius 3 is 2.02 bits per heavy atom. The van der Waals surface area contributed by atoms with E-state index in [9.17, 15) is 51.1 Å². The van der Waals surface area contributed by atoms with Crippen LogP contribution in [0.15, 0.2) is 22.8 Å². The third-order valence-electron chi connectivity index (χ3n) is 15.1. The van der Waals surface area contributed by atoms with Gasteiger partial charge in [0, 0.05) is 0 Å². The summed E-state index contributed by atoms with van der Waals surface area (Å²) >= 11 is 0. The van der Waals surface area contributed by atoms with E-state index in [0.717, 1.165) is 48.8 Å². The van der Waals surface area contributed by atoms with Crippen LogP contribution in [0, 0.1) is 40.4 Å². The van der Waals surface area contributed by atoms with Gasteiger partial charge in [-0.05, 0) is 111 Å². The Hall–Kier alpha value is -1.08. The van der Waals surface area contributed by atoms with Gasteiger partial charge in [-0.1, -0.05) is 38.0 Å². The molecule has 0 amide bonds. The summed E-state index contributed by atoms with van der Waals surface area (Å²) in [6, 6.07) is 0. The van der Waals surface area contributed by atoms with Gasteiger partial charge in [-0.15, -0.1) is 0 Å². The quantitative estimate of drug-likeness (QED) is 0.127. The van der Waals surface area contributed by atoms with Crippen LogP contribution in [0.25, 0.3) is 0 Å². The summed E-state index contributed by atoms with van der Waals surface area (Å²) in [5, 5.41) is 104. The van der Waals surface area contributed by atoms with Gasteiger partial charge in [0.25, 0.3) is 0 Å². The molecule has 14 heteroatoms. The molecule has 2 heterocycles. The van der Waals surface area contributed by atoms with Crippen LogP contribution >= 0.6 is 0 Å². The van der Waals surface area contributed by atoms with E-state index in [1.54, 1.807) is 0 Å². The summed E-state index contributed by atoms with van der Waals surface area (Å²) in [7, 11) is 0. The lowest BCUT2D eigenvalue weighted by atomic mass is 9.46. The van der Waals surface area contributed by atoms with Gasteiger partial charge >= 0.3 is 0 Å². The summed E-state index contributed by atoms with van der Waals surface area (Å²) in [5.41, 5.74) is 2.77. The Balaban J connectivity index is 1.08. The monoisotopic (exact) mass is 770 g/mol. The number of ether oxygens (including phenoxy) is 4. The van der Waals surface area contributed by atoms with E-state index < -0.39 is 86.8 Å². The predicted molar refractivity (Wildman–Crippen MR) is 193 cm³/mol. The molecule has 54 heavy (non-hydrogen) atoms. The summed E-state index contributed by atoms with van der Waals surface area (Å²) in [4.78, 5) is 0. The second kappa shape index (κ2) is 16.6. The Morgan fingerprint density at radius 1 is 0.778 bits per heavy atom. The van der Waals surface area contributed by atoms with Crippen molar-refractivity contribution in [2.24, 2.45) is 40.4 Å². The molecule has 0 aromatic carbocycles. The van der Waals surface area contributed by atoms with Gasteiger partial charge in [-0.3, -0.25) is 0 Å². The summed E-state index contributed by atoms with van der Waals surface area (Å²) in [5.74, 6) is 0.953. The summed E-state index contributed by atoms with van der Waals surface area (Å²) < 4.78 is 23.0. The highest BCUT2D eigenvalue weighted by Gasteiger charge is 2.62. The summed E-state index contributed by atoms with van der Waals surface area (Å²) in [6.07, 6.45) is -6.40. The Morgan fingerprint density at radius 2 is 1.39 bits per heavy atom. The van der Waals surface area contributed by atoms with Crippen LogP contribution in [-0.2, 0) is 18.9 Å². The minimum absolute atomic E-state index is 0.00287. The number of fused-ring (bicyclic) bond motifs is 5. The SMILES string of the molecule is C/C(CO[C@@H]1O[C@H](CO)[C@@H](O)[C@H](O)[C@H]1O)=C(/C)C[C@@H](O)[C@@H](C)[C@H]1CC[C@H]2[C@@H]3[C@H](O)C=C4C[C@@H](O[C@@H]5O[C@H](CO)[C@@H](O)[C@H](O)[C@H]5O)CC[C@]4(C)[C@H]3CC[C@]12C. The van der Waals surface area contributed by atoms with Crippen molar-refractivity contribution in [2.45, 2.75) is 166 Å². The lowest BCUT2D eigenvalue weighted by molar-refractivity contribution is -0.313. The molecule has 0 unspecified atom stereocenters. The molecule has 10 N–H and O–H groups in total. The number of aliphatic hydroxyl groups excluding tert-OH is 10. The van der Waals surface area contributed by atoms with Crippen molar-refractivity contribution in [1.29, 1.82) is 0 Å². The topological polar surface area (TPSA) is 239 Å². The largest absolute Gasteiger partial charge is 0.394 e. The van der Waals surface area contributed by atoms with E-state index in [0.29, 0.717) is 25.2 Å². The van der Waals surface area contributed by atoms with E-state index in [1.807, 2.05) is 19.9 Å². The maximum atomic E-state index is 11.8. The molecule has 5 fully saturated rings. The van der Waals surface area contributed by atoms with Crippen molar-refractivity contribution in [3.8, 4) is 0 Å². The van der Waals surface area contributed by atoms with Gasteiger partial charge in [0.05, 0.1) is 38.1 Å². The molecule has 2 saturated heterocycles. The van der Waals surface area contributed by atoms with Crippen molar-refractivity contribution in [3.05, 3.63) is 22.8 Å².